The van der Waals surface area contributed by atoms with E-state index in [1.807, 2.05) is 30.3 Å². The Kier molecular flexibility index (Phi) is 4.42. The highest BCUT2D eigenvalue weighted by molar-refractivity contribution is 5.38. The van der Waals surface area contributed by atoms with Crippen molar-refractivity contribution in [1.29, 1.82) is 0 Å². The summed E-state index contributed by atoms with van der Waals surface area (Å²) in [4.78, 5) is 0. The number of benzene rings is 3. The second-order valence-corrected chi connectivity index (χ2v) is 5.01. The highest BCUT2D eigenvalue weighted by atomic mass is 19.4. The summed E-state index contributed by atoms with van der Waals surface area (Å²) in [6.45, 7) is 0. The molecule has 0 atom stereocenters. The molecule has 3 aromatic carbocycles. The van der Waals surface area contributed by atoms with Crippen LogP contribution >= 0.6 is 0 Å². The van der Waals surface area contributed by atoms with Crippen molar-refractivity contribution in [3.8, 4) is 23.0 Å². The van der Waals surface area contributed by atoms with E-state index in [1.54, 1.807) is 24.3 Å². The Morgan fingerprint density at radius 2 is 0.875 bits per heavy atom. The van der Waals surface area contributed by atoms with Gasteiger partial charge in [-0.3, -0.25) is 0 Å². The molecule has 24 heavy (non-hydrogen) atoms. The van der Waals surface area contributed by atoms with Crippen molar-refractivity contribution in [2.75, 3.05) is 0 Å². The van der Waals surface area contributed by atoms with E-state index in [0.717, 1.165) is 12.1 Å². The Labute approximate surface area is 137 Å². The molecule has 0 aliphatic rings. The van der Waals surface area contributed by atoms with E-state index in [9.17, 15) is 13.2 Å². The molecule has 0 unspecified atom stereocenters. The van der Waals surface area contributed by atoms with E-state index in [-0.39, 0.29) is 0 Å². The Bertz CT molecular complexity index is 780. The zero-order valence-corrected chi connectivity index (χ0v) is 12.5. The first kappa shape index (κ1) is 15.9. The highest BCUT2D eigenvalue weighted by Gasteiger charge is 2.30. The molecule has 122 valence electrons. The first-order valence-electron chi connectivity index (χ1n) is 7.19. The average Bonchev–Trinajstić information content (AvgIpc) is 2.57. The van der Waals surface area contributed by atoms with Gasteiger partial charge < -0.3 is 9.47 Å². The van der Waals surface area contributed by atoms with Crippen molar-refractivity contribution in [3.05, 3.63) is 84.4 Å². The second kappa shape index (κ2) is 6.66. The summed E-state index contributed by atoms with van der Waals surface area (Å²) in [5, 5.41) is 0. The summed E-state index contributed by atoms with van der Waals surface area (Å²) < 4.78 is 48.7. The van der Waals surface area contributed by atoms with Gasteiger partial charge in [-0.25, -0.2) is 0 Å². The van der Waals surface area contributed by atoms with Gasteiger partial charge in [0.05, 0.1) is 5.56 Å². The number of halogens is 3. The van der Waals surface area contributed by atoms with Gasteiger partial charge in [-0.1, -0.05) is 18.2 Å². The quantitative estimate of drug-likeness (QED) is 0.559. The molecule has 0 fully saturated rings. The Hall–Kier alpha value is -2.95. The summed E-state index contributed by atoms with van der Waals surface area (Å²) in [5.74, 6) is 2.20. The smallest absolute Gasteiger partial charge is 0.416 e. The van der Waals surface area contributed by atoms with Gasteiger partial charge in [-0.05, 0) is 60.7 Å². The molecule has 3 rings (SSSR count). The van der Waals surface area contributed by atoms with E-state index >= 15 is 0 Å². The van der Waals surface area contributed by atoms with Crippen LogP contribution in [0.25, 0.3) is 0 Å². The van der Waals surface area contributed by atoms with E-state index in [2.05, 4.69) is 0 Å². The summed E-state index contributed by atoms with van der Waals surface area (Å²) >= 11 is 0. The van der Waals surface area contributed by atoms with Crippen molar-refractivity contribution in [3.63, 3.8) is 0 Å². The van der Waals surface area contributed by atoms with Crippen LogP contribution < -0.4 is 9.47 Å². The van der Waals surface area contributed by atoms with Crippen molar-refractivity contribution in [1.82, 2.24) is 0 Å². The van der Waals surface area contributed by atoms with Crippen molar-refractivity contribution in [2.24, 2.45) is 0 Å². The first-order chi connectivity index (χ1) is 11.5. The average molecular weight is 330 g/mol. The third-order valence-corrected chi connectivity index (χ3v) is 3.22. The third kappa shape index (κ3) is 4.07. The minimum absolute atomic E-state index is 0.333. The minimum atomic E-state index is -4.35. The minimum Gasteiger partial charge on any atom is -0.457 e. The topological polar surface area (TPSA) is 18.5 Å². The van der Waals surface area contributed by atoms with Crippen LogP contribution in [0.4, 0.5) is 13.2 Å². The van der Waals surface area contributed by atoms with Crippen molar-refractivity contribution >= 4 is 0 Å². The van der Waals surface area contributed by atoms with Crippen LogP contribution in [-0.2, 0) is 6.18 Å². The Morgan fingerprint density at radius 3 is 1.29 bits per heavy atom. The molecule has 0 aromatic heterocycles. The molecule has 3 aromatic rings. The molecule has 0 aliphatic carbocycles. The Morgan fingerprint density at radius 1 is 0.500 bits per heavy atom. The van der Waals surface area contributed by atoms with Crippen LogP contribution in [0.5, 0.6) is 23.0 Å². The lowest BCUT2D eigenvalue weighted by Crippen LogP contribution is -2.03. The summed E-state index contributed by atoms with van der Waals surface area (Å²) in [6.07, 6.45) is -4.35. The predicted molar refractivity (Wildman–Crippen MR) is 84.5 cm³/mol. The van der Waals surface area contributed by atoms with Crippen LogP contribution in [0, 0.1) is 0 Å². The zero-order valence-electron chi connectivity index (χ0n) is 12.5. The molecular formula is C19H13F3O2. The molecule has 0 saturated heterocycles. The van der Waals surface area contributed by atoms with Gasteiger partial charge in [0.25, 0.3) is 0 Å². The fourth-order valence-corrected chi connectivity index (χ4v) is 2.05. The van der Waals surface area contributed by atoms with Gasteiger partial charge in [0, 0.05) is 0 Å². The predicted octanol–water partition coefficient (Wildman–Crippen LogP) is 6.29. The van der Waals surface area contributed by atoms with Crippen LogP contribution in [-0.4, -0.2) is 0 Å². The third-order valence-electron chi connectivity index (χ3n) is 3.22. The molecule has 0 saturated carbocycles. The number of alkyl halides is 3. The summed E-state index contributed by atoms with van der Waals surface area (Å²) in [6, 6.07) is 20.7. The number of rotatable bonds is 4. The van der Waals surface area contributed by atoms with Gasteiger partial charge in [-0.15, -0.1) is 0 Å². The van der Waals surface area contributed by atoms with E-state index in [0.29, 0.717) is 23.0 Å². The first-order valence-corrected chi connectivity index (χ1v) is 7.19. The van der Waals surface area contributed by atoms with Crippen LogP contribution in [0.15, 0.2) is 78.9 Å². The number of hydrogen-bond acceptors (Lipinski definition) is 2. The lowest BCUT2D eigenvalue weighted by Gasteiger charge is -2.10. The molecule has 0 bridgehead atoms. The molecule has 0 radical (unpaired) electrons. The standard InChI is InChI=1S/C19H13F3O2/c20-19(21,22)14-6-8-16(9-7-14)24-18-12-10-17(11-13-18)23-15-4-2-1-3-5-15/h1-13H. The van der Waals surface area contributed by atoms with Gasteiger partial charge in [0.2, 0.25) is 0 Å². The van der Waals surface area contributed by atoms with Crippen molar-refractivity contribution in [2.45, 2.75) is 6.18 Å². The monoisotopic (exact) mass is 330 g/mol. The second-order valence-electron chi connectivity index (χ2n) is 5.01. The normalized spacial score (nSPS) is 11.1. The molecule has 2 nitrogen and oxygen atoms in total. The zero-order chi connectivity index (χ0) is 17.0. The van der Waals surface area contributed by atoms with Crippen molar-refractivity contribution < 1.29 is 22.6 Å². The van der Waals surface area contributed by atoms with Crippen LogP contribution in [0.2, 0.25) is 0 Å². The summed E-state index contributed by atoms with van der Waals surface area (Å²) in [5.41, 5.74) is -0.707. The molecule has 0 amide bonds. The van der Waals surface area contributed by atoms with E-state index < -0.39 is 11.7 Å². The fourth-order valence-electron chi connectivity index (χ4n) is 2.05. The summed E-state index contributed by atoms with van der Waals surface area (Å²) in [7, 11) is 0. The number of hydrogen-bond donors (Lipinski definition) is 0. The molecule has 0 heterocycles. The number of para-hydroxylation sites is 1. The highest BCUT2D eigenvalue weighted by Crippen LogP contribution is 2.32. The maximum Gasteiger partial charge on any atom is 0.416 e. The molecular weight excluding hydrogens is 317 g/mol. The number of ether oxygens (including phenoxy) is 2. The van der Waals surface area contributed by atoms with E-state index in [4.69, 9.17) is 9.47 Å². The van der Waals surface area contributed by atoms with Gasteiger partial charge in [0.15, 0.2) is 0 Å². The SMILES string of the molecule is FC(F)(F)c1ccc(Oc2ccc(Oc3ccccc3)cc2)cc1. The lowest BCUT2D eigenvalue weighted by atomic mass is 10.2. The van der Waals surface area contributed by atoms with Crippen LogP contribution in [0.3, 0.4) is 0 Å². The van der Waals surface area contributed by atoms with Gasteiger partial charge >= 0.3 is 6.18 Å². The van der Waals surface area contributed by atoms with Crippen LogP contribution in [0.1, 0.15) is 5.56 Å². The van der Waals surface area contributed by atoms with Gasteiger partial charge in [0.1, 0.15) is 23.0 Å². The fraction of sp³-hybridized carbons (Fsp3) is 0.0526. The molecule has 0 N–H and O–H groups in total. The molecule has 0 aliphatic heterocycles. The molecule has 5 heteroatoms. The lowest BCUT2D eigenvalue weighted by molar-refractivity contribution is -0.137. The van der Waals surface area contributed by atoms with E-state index in [1.165, 1.54) is 12.1 Å². The Balaban J connectivity index is 1.66. The maximum absolute atomic E-state index is 12.5. The largest absolute Gasteiger partial charge is 0.457 e. The van der Waals surface area contributed by atoms with Gasteiger partial charge in [-0.2, -0.15) is 13.2 Å². The maximum atomic E-state index is 12.5. The molecule has 0 spiro atoms.